The van der Waals surface area contributed by atoms with Gasteiger partial charge in [-0.05, 0) is 37.1 Å². The number of ether oxygens (including phenoxy) is 1. The molecule has 1 fully saturated rings. The van der Waals surface area contributed by atoms with Crippen LogP contribution in [0.2, 0.25) is 0 Å². The molecule has 0 saturated carbocycles. The molecule has 0 spiro atoms. The van der Waals surface area contributed by atoms with E-state index in [-0.39, 0.29) is 30.1 Å². The summed E-state index contributed by atoms with van der Waals surface area (Å²) in [6.07, 6.45) is 0.0725. The number of imidazole rings is 1. The van der Waals surface area contributed by atoms with Crippen molar-refractivity contribution in [2.75, 3.05) is 33.3 Å². The van der Waals surface area contributed by atoms with Gasteiger partial charge in [-0.25, -0.2) is 4.98 Å². The van der Waals surface area contributed by atoms with Gasteiger partial charge in [-0.2, -0.15) is 0 Å². The van der Waals surface area contributed by atoms with Crippen LogP contribution in [0.15, 0.2) is 53.5 Å². The van der Waals surface area contributed by atoms with Gasteiger partial charge in [-0.3, -0.25) is 4.99 Å². The van der Waals surface area contributed by atoms with Crippen LogP contribution in [0.1, 0.15) is 23.1 Å². The molecular formula is C23H30IN5O. The number of halogens is 1. The second-order valence-electron chi connectivity index (χ2n) is 7.44. The summed E-state index contributed by atoms with van der Waals surface area (Å²) < 4.78 is 8.32. The molecule has 160 valence electrons. The predicted molar refractivity (Wildman–Crippen MR) is 133 cm³/mol. The Kier molecular flexibility index (Phi) is 7.71. The lowest BCUT2D eigenvalue weighted by molar-refractivity contribution is -0.00831. The van der Waals surface area contributed by atoms with Gasteiger partial charge >= 0.3 is 0 Å². The van der Waals surface area contributed by atoms with E-state index in [1.807, 2.05) is 13.1 Å². The Morgan fingerprint density at radius 3 is 2.73 bits per heavy atom. The number of aromatic nitrogens is 2. The van der Waals surface area contributed by atoms with Crippen LogP contribution in [-0.4, -0.2) is 53.7 Å². The summed E-state index contributed by atoms with van der Waals surface area (Å²) in [5.74, 6) is 1.96. The molecule has 3 aromatic rings. The van der Waals surface area contributed by atoms with E-state index in [0.717, 1.165) is 43.5 Å². The number of nitrogens with zero attached hydrogens (tertiary/aromatic N) is 4. The normalized spacial score (nSPS) is 17.1. The summed E-state index contributed by atoms with van der Waals surface area (Å²) in [4.78, 5) is 11.5. The second-order valence-corrected chi connectivity index (χ2v) is 7.44. The molecule has 0 radical (unpaired) electrons. The first kappa shape index (κ1) is 22.6. The number of para-hydroxylation sites is 2. The maximum Gasteiger partial charge on any atom is 0.193 e. The fourth-order valence-electron chi connectivity index (χ4n) is 4.07. The zero-order valence-electron chi connectivity index (χ0n) is 17.8. The standard InChI is InChI=1S/C23H29N5O.HI/c1-17-8-4-5-9-19(17)22-16-27(14-15-29-22)23(24-3)25-12-13-28-18(2)26-20-10-6-7-11-21(20)28;/h4-11,22H,12-16H2,1-3H3,(H,24,25);1H. The molecule has 0 aliphatic carbocycles. The van der Waals surface area contributed by atoms with Crippen molar-refractivity contribution in [3.8, 4) is 0 Å². The number of morpholine rings is 1. The first-order valence-electron chi connectivity index (χ1n) is 10.2. The molecule has 1 N–H and O–H groups in total. The highest BCUT2D eigenvalue weighted by Crippen LogP contribution is 2.25. The smallest absolute Gasteiger partial charge is 0.193 e. The van der Waals surface area contributed by atoms with Crippen molar-refractivity contribution < 1.29 is 4.74 Å². The molecule has 1 aliphatic heterocycles. The maximum absolute atomic E-state index is 6.06. The van der Waals surface area contributed by atoms with Crippen molar-refractivity contribution in [3.63, 3.8) is 0 Å². The van der Waals surface area contributed by atoms with E-state index in [0.29, 0.717) is 6.61 Å². The van der Waals surface area contributed by atoms with Gasteiger partial charge in [-0.15, -0.1) is 24.0 Å². The van der Waals surface area contributed by atoms with Gasteiger partial charge in [0.2, 0.25) is 0 Å². The molecule has 1 unspecified atom stereocenters. The molecule has 1 aromatic heterocycles. The maximum atomic E-state index is 6.06. The lowest BCUT2D eigenvalue weighted by Gasteiger charge is -2.35. The van der Waals surface area contributed by atoms with Gasteiger partial charge in [0.05, 0.1) is 24.2 Å². The number of fused-ring (bicyclic) bond motifs is 1. The summed E-state index contributed by atoms with van der Waals surface area (Å²) in [7, 11) is 1.85. The number of aliphatic imine (C=N–C) groups is 1. The minimum absolute atomic E-state index is 0. The zero-order chi connectivity index (χ0) is 20.2. The lowest BCUT2D eigenvalue weighted by atomic mass is 10.0. The Balaban J connectivity index is 0.00000256. The van der Waals surface area contributed by atoms with E-state index in [2.05, 4.69) is 81.1 Å². The van der Waals surface area contributed by atoms with Crippen molar-refractivity contribution >= 4 is 41.0 Å². The van der Waals surface area contributed by atoms with Gasteiger partial charge in [0.15, 0.2) is 5.96 Å². The monoisotopic (exact) mass is 519 g/mol. The minimum atomic E-state index is 0. The first-order valence-corrected chi connectivity index (χ1v) is 10.2. The molecule has 4 rings (SSSR count). The fraction of sp³-hybridized carbons (Fsp3) is 0.391. The molecular weight excluding hydrogens is 489 g/mol. The van der Waals surface area contributed by atoms with Crippen LogP contribution < -0.4 is 5.32 Å². The number of rotatable bonds is 4. The molecule has 1 saturated heterocycles. The van der Waals surface area contributed by atoms with Crippen LogP contribution in [0, 0.1) is 13.8 Å². The molecule has 0 amide bonds. The predicted octanol–water partition coefficient (Wildman–Crippen LogP) is 3.92. The third-order valence-corrected chi connectivity index (χ3v) is 5.58. The van der Waals surface area contributed by atoms with Crippen molar-refractivity contribution in [3.05, 3.63) is 65.5 Å². The van der Waals surface area contributed by atoms with Crippen molar-refractivity contribution in [1.29, 1.82) is 0 Å². The number of nitrogens with one attached hydrogen (secondary N) is 1. The molecule has 2 heterocycles. The van der Waals surface area contributed by atoms with Crippen LogP contribution in [0.25, 0.3) is 11.0 Å². The second kappa shape index (κ2) is 10.3. The van der Waals surface area contributed by atoms with Crippen LogP contribution in [0.4, 0.5) is 0 Å². The van der Waals surface area contributed by atoms with Gasteiger partial charge in [0.25, 0.3) is 0 Å². The molecule has 1 atom stereocenters. The number of benzene rings is 2. The van der Waals surface area contributed by atoms with Crippen molar-refractivity contribution in [2.24, 2.45) is 4.99 Å². The number of hydrogen-bond donors (Lipinski definition) is 1. The Bertz CT molecular complexity index is 1020. The van der Waals surface area contributed by atoms with Gasteiger partial charge in [0.1, 0.15) is 11.9 Å². The molecule has 6 nitrogen and oxygen atoms in total. The van der Waals surface area contributed by atoms with E-state index < -0.39 is 0 Å². The molecule has 1 aliphatic rings. The first-order chi connectivity index (χ1) is 14.2. The Labute approximate surface area is 195 Å². The third-order valence-electron chi connectivity index (χ3n) is 5.58. The van der Waals surface area contributed by atoms with E-state index in [9.17, 15) is 0 Å². The number of hydrogen-bond acceptors (Lipinski definition) is 3. The highest BCUT2D eigenvalue weighted by Gasteiger charge is 2.25. The van der Waals surface area contributed by atoms with E-state index in [1.165, 1.54) is 16.6 Å². The zero-order valence-corrected chi connectivity index (χ0v) is 20.2. The highest BCUT2D eigenvalue weighted by atomic mass is 127. The van der Waals surface area contributed by atoms with Crippen molar-refractivity contribution in [2.45, 2.75) is 26.5 Å². The minimum Gasteiger partial charge on any atom is -0.370 e. The average molecular weight is 519 g/mol. The van der Waals surface area contributed by atoms with Gasteiger partial charge < -0.3 is 19.5 Å². The summed E-state index contributed by atoms with van der Waals surface area (Å²) in [6.45, 7) is 8.18. The van der Waals surface area contributed by atoms with Crippen LogP contribution in [0.3, 0.4) is 0 Å². The third kappa shape index (κ3) is 4.78. The molecule has 30 heavy (non-hydrogen) atoms. The van der Waals surface area contributed by atoms with Gasteiger partial charge in [-0.1, -0.05) is 36.4 Å². The Morgan fingerprint density at radius 2 is 1.93 bits per heavy atom. The van der Waals surface area contributed by atoms with Gasteiger partial charge in [0, 0.05) is 26.7 Å². The topological polar surface area (TPSA) is 54.7 Å². The Morgan fingerprint density at radius 1 is 1.17 bits per heavy atom. The summed E-state index contributed by atoms with van der Waals surface area (Å²) in [5.41, 5.74) is 4.74. The summed E-state index contributed by atoms with van der Waals surface area (Å²) in [5, 5.41) is 3.53. The van der Waals surface area contributed by atoms with Crippen molar-refractivity contribution in [1.82, 2.24) is 19.8 Å². The van der Waals surface area contributed by atoms with E-state index in [4.69, 9.17) is 4.74 Å². The SMILES string of the molecule is CN=C(NCCn1c(C)nc2ccccc21)N1CCOC(c2ccccc2C)C1.I. The quantitative estimate of drug-likeness (QED) is 0.323. The Hall–Kier alpha value is -2.13. The van der Waals surface area contributed by atoms with Crippen LogP contribution in [0.5, 0.6) is 0 Å². The van der Waals surface area contributed by atoms with E-state index in [1.54, 1.807) is 0 Å². The number of guanidine groups is 1. The molecule has 7 heteroatoms. The average Bonchev–Trinajstić information content (AvgIpc) is 3.07. The largest absolute Gasteiger partial charge is 0.370 e. The lowest BCUT2D eigenvalue weighted by Crippen LogP contribution is -2.48. The fourth-order valence-corrected chi connectivity index (χ4v) is 4.07. The van der Waals surface area contributed by atoms with E-state index >= 15 is 0 Å². The molecule has 2 aromatic carbocycles. The highest BCUT2D eigenvalue weighted by molar-refractivity contribution is 14.0. The van der Waals surface area contributed by atoms with Crippen LogP contribution in [-0.2, 0) is 11.3 Å². The number of aryl methyl sites for hydroxylation is 2. The van der Waals surface area contributed by atoms with Crippen LogP contribution >= 0.6 is 24.0 Å². The summed E-state index contributed by atoms with van der Waals surface area (Å²) in [6, 6.07) is 16.7. The molecule has 0 bridgehead atoms. The summed E-state index contributed by atoms with van der Waals surface area (Å²) >= 11 is 0.